The van der Waals surface area contributed by atoms with E-state index in [-0.39, 0.29) is 11.3 Å². The SMILES string of the molecule is C[C@H]1[C@H]2CC[C@H]3[C@H]([C@H]1CC[C@H]2C(=O)O)[C@]3(C)C=O. The maximum absolute atomic E-state index is 11.3. The molecule has 0 amide bonds. The van der Waals surface area contributed by atoms with Crippen LogP contribution in [0.3, 0.4) is 0 Å². The summed E-state index contributed by atoms with van der Waals surface area (Å²) in [5, 5.41) is 9.33. The summed E-state index contributed by atoms with van der Waals surface area (Å²) in [6, 6.07) is 0. The van der Waals surface area contributed by atoms with Gasteiger partial charge in [0.2, 0.25) is 0 Å². The van der Waals surface area contributed by atoms with Crippen LogP contribution in [0, 0.1) is 40.9 Å². The standard InChI is InChI=1S/C15H22O3/c1-8-9-5-6-12-13(15(12,2)7-16)10(8)3-4-11(9)14(17)18/h7-13H,3-6H2,1-2H3,(H,17,18)/t8-,9+,10-,11+,12-,13-,15+/m0/s1. The smallest absolute Gasteiger partial charge is 0.306 e. The number of aldehydes is 1. The number of carbonyl (C=O) groups excluding carboxylic acids is 1. The molecule has 0 aliphatic heterocycles. The van der Waals surface area contributed by atoms with Crippen LogP contribution in [-0.2, 0) is 9.59 Å². The van der Waals surface area contributed by atoms with Gasteiger partial charge in [-0.15, -0.1) is 0 Å². The van der Waals surface area contributed by atoms with Crippen molar-refractivity contribution in [1.29, 1.82) is 0 Å². The lowest BCUT2D eigenvalue weighted by Gasteiger charge is -2.40. The molecule has 100 valence electrons. The van der Waals surface area contributed by atoms with Gasteiger partial charge in [0.15, 0.2) is 0 Å². The Kier molecular flexibility index (Phi) is 2.58. The van der Waals surface area contributed by atoms with Gasteiger partial charge in [0.1, 0.15) is 6.29 Å². The van der Waals surface area contributed by atoms with E-state index < -0.39 is 5.97 Å². The first-order chi connectivity index (χ1) is 8.50. The van der Waals surface area contributed by atoms with Crippen molar-refractivity contribution in [2.24, 2.45) is 40.9 Å². The largest absolute Gasteiger partial charge is 0.481 e. The average molecular weight is 250 g/mol. The van der Waals surface area contributed by atoms with Crippen LogP contribution in [0.5, 0.6) is 0 Å². The highest BCUT2D eigenvalue weighted by atomic mass is 16.4. The normalized spacial score (nSPS) is 54.1. The molecule has 0 heterocycles. The molecular formula is C15H22O3. The molecule has 3 rings (SSSR count). The lowest BCUT2D eigenvalue weighted by atomic mass is 9.64. The van der Waals surface area contributed by atoms with Crippen LogP contribution in [-0.4, -0.2) is 17.4 Å². The summed E-state index contributed by atoms with van der Waals surface area (Å²) in [5.74, 6) is 1.69. The third kappa shape index (κ3) is 1.42. The molecule has 0 aromatic heterocycles. The van der Waals surface area contributed by atoms with E-state index in [4.69, 9.17) is 0 Å². The number of carboxylic acids is 1. The first-order valence-electron chi connectivity index (χ1n) is 7.20. The fourth-order valence-corrected chi connectivity index (χ4v) is 5.26. The molecule has 0 spiro atoms. The van der Waals surface area contributed by atoms with Crippen molar-refractivity contribution in [1.82, 2.24) is 0 Å². The molecule has 7 atom stereocenters. The molecule has 1 N–H and O–H groups in total. The predicted octanol–water partition coefficient (Wildman–Crippen LogP) is 2.59. The van der Waals surface area contributed by atoms with Gasteiger partial charge in [-0.25, -0.2) is 0 Å². The van der Waals surface area contributed by atoms with Crippen molar-refractivity contribution in [3.8, 4) is 0 Å². The quantitative estimate of drug-likeness (QED) is 0.766. The van der Waals surface area contributed by atoms with E-state index in [0.717, 1.165) is 25.7 Å². The highest BCUT2D eigenvalue weighted by Gasteiger charge is 2.66. The zero-order valence-electron chi connectivity index (χ0n) is 11.1. The third-order valence-electron chi connectivity index (χ3n) is 6.36. The van der Waals surface area contributed by atoms with E-state index in [1.165, 1.54) is 6.29 Å². The Hall–Kier alpha value is -0.860. The first-order valence-corrected chi connectivity index (χ1v) is 7.20. The topological polar surface area (TPSA) is 54.4 Å². The van der Waals surface area contributed by atoms with E-state index in [0.29, 0.717) is 29.6 Å². The first kappa shape index (κ1) is 12.2. The minimum atomic E-state index is -0.612. The van der Waals surface area contributed by atoms with Crippen LogP contribution in [0.2, 0.25) is 0 Å². The Morgan fingerprint density at radius 2 is 1.89 bits per heavy atom. The number of fused-ring (bicyclic) bond motifs is 4. The molecule has 0 unspecified atom stereocenters. The third-order valence-corrected chi connectivity index (χ3v) is 6.36. The van der Waals surface area contributed by atoms with Crippen LogP contribution < -0.4 is 0 Å². The van der Waals surface area contributed by atoms with Gasteiger partial charge in [-0.3, -0.25) is 4.79 Å². The van der Waals surface area contributed by atoms with Crippen molar-refractivity contribution in [3.05, 3.63) is 0 Å². The number of carbonyl (C=O) groups is 2. The Balaban J connectivity index is 1.86. The summed E-state index contributed by atoms with van der Waals surface area (Å²) in [6.07, 6.45) is 5.03. The Labute approximate surface area is 108 Å². The van der Waals surface area contributed by atoms with Crippen LogP contribution in [0.4, 0.5) is 0 Å². The fourth-order valence-electron chi connectivity index (χ4n) is 5.26. The number of hydrogen-bond donors (Lipinski definition) is 1. The molecule has 2 bridgehead atoms. The zero-order chi connectivity index (χ0) is 13.1. The van der Waals surface area contributed by atoms with Gasteiger partial charge in [-0.05, 0) is 55.3 Å². The molecule has 0 radical (unpaired) electrons. The van der Waals surface area contributed by atoms with Gasteiger partial charge in [0, 0.05) is 5.41 Å². The van der Waals surface area contributed by atoms with Crippen molar-refractivity contribution in [2.75, 3.05) is 0 Å². The Bertz CT molecular complexity index is 391. The maximum Gasteiger partial charge on any atom is 0.306 e. The van der Waals surface area contributed by atoms with Crippen molar-refractivity contribution in [2.45, 2.75) is 39.5 Å². The van der Waals surface area contributed by atoms with Crippen LogP contribution in [0.15, 0.2) is 0 Å². The monoisotopic (exact) mass is 250 g/mol. The second kappa shape index (κ2) is 3.82. The van der Waals surface area contributed by atoms with E-state index in [2.05, 4.69) is 13.8 Å². The molecule has 3 fully saturated rings. The Morgan fingerprint density at radius 1 is 1.22 bits per heavy atom. The molecular weight excluding hydrogens is 228 g/mol. The predicted molar refractivity (Wildman–Crippen MR) is 66.9 cm³/mol. The Morgan fingerprint density at radius 3 is 2.50 bits per heavy atom. The minimum absolute atomic E-state index is 0.0973. The summed E-state index contributed by atoms with van der Waals surface area (Å²) in [5.41, 5.74) is -0.0973. The number of rotatable bonds is 2. The molecule has 0 saturated heterocycles. The van der Waals surface area contributed by atoms with Gasteiger partial charge in [0.05, 0.1) is 5.92 Å². The highest BCUT2D eigenvalue weighted by molar-refractivity contribution is 5.71. The van der Waals surface area contributed by atoms with E-state index in [1.54, 1.807) is 0 Å². The molecule has 18 heavy (non-hydrogen) atoms. The molecule has 0 aromatic carbocycles. The molecule has 3 aliphatic rings. The van der Waals surface area contributed by atoms with E-state index in [1.807, 2.05) is 0 Å². The van der Waals surface area contributed by atoms with Gasteiger partial charge >= 0.3 is 5.97 Å². The van der Waals surface area contributed by atoms with Gasteiger partial charge < -0.3 is 9.90 Å². The van der Waals surface area contributed by atoms with Crippen molar-refractivity contribution < 1.29 is 14.7 Å². The molecule has 3 heteroatoms. The summed E-state index contributed by atoms with van der Waals surface area (Å²) >= 11 is 0. The van der Waals surface area contributed by atoms with E-state index in [9.17, 15) is 14.7 Å². The lowest BCUT2D eigenvalue weighted by molar-refractivity contribution is -0.147. The van der Waals surface area contributed by atoms with Gasteiger partial charge in [0.25, 0.3) is 0 Å². The number of carboxylic acid groups (broad SMARTS) is 1. The number of hydrogen-bond acceptors (Lipinski definition) is 2. The molecule has 0 aromatic rings. The lowest BCUT2D eigenvalue weighted by Crippen LogP contribution is -2.38. The van der Waals surface area contributed by atoms with Gasteiger partial charge in [-0.1, -0.05) is 13.8 Å². The average Bonchev–Trinajstić information content (AvgIpc) is 2.94. The second-order valence-electron chi connectivity index (χ2n) is 6.90. The van der Waals surface area contributed by atoms with Crippen LogP contribution in [0.1, 0.15) is 39.5 Å². The van der Waals surface area contributed by atoms with E-state index >= 15 is 0 Å². The second-order valence-corrected chi connectivity index (χ2v) is 6.90. The molecule has 3 saturated carbocycles. The minimum Gasteiger partial charge on any atom is -0.481 e. The highest BCUT2D eigenvalue weighted by Crippen LogP contribution is 2.69. The summed E-state index contributed by atoms with van der Waals surface area (Å²) in [4.78, 5) is 22.6. The molecule has 3 aliphatic carbocycles. The zero-order valence-corrected chi connectivity index (χ0v) is 11.1. The van der Waals surface area contributed by atoms with Crippen LogP contribution in [0.25, 0.3) is 0 Å². The van der Waals surface area contributed by atoms with Crippen molar-refractivity contribution in [3.63, 3.8) is 0 Å². The molecule has 3 nitrogen and oxygen atoms in total. The van der Waals surface area contributed by atoms with Crippen molar-refractivity contribution >= 4 is 12.3 Å². The summed E-state index contributed by atoms with van der Waals surface area (Å²) in [7, 11) is 0. The number of aliphatic carboxylic acids is 1. The van der Waals surface area contributed by atoms with Crippen LogP contribution >= 0.6 is 0 Å². The van der Waals surface area contributed by atoms with Gasteiger partial charge in [-0.2, -0.15) is 0 Å². The maximum atomic E-state index is 11.3. The summed E-state index contributed by atoms with van der Waals surface area (Å²) in [6.45, 7) is 4.32. The summed E-state index contributed by atoms with van der Waals surface area (Å²) < 4.78 is 0. The fraction of sp³-hybridized carbons (Fsp3) is 0.867.